The summed E-state index contributed by atoms with van der Waals surface area (Å²) >= 11 is 0. The molecule has 0 fully saturated rings. The predicted molar refractivity (Wildman–Crippen MR) is 136 cm³/mol. The summed E-state index contributed by atoms with van der Waals surface area (Å²) in [5.74, 6) is 1.66. The van der Waals surface area contributed by atoms with E-state index in [9.17, 15) is 4.79 Å². The lowest BCUT2D eigenvalue weighted by molar-refractivity contribution is -0.107. The first-order chi connectivity index (χ1) is 16.8. The Morgan fingerprint density at radius 2 is 1.79 bits per heavy atom. The number of aromatic nitrogens is 3. The highest BCUT2D eigenvalue weighted by atomic mass is 16.5. The number of carbonyl (C=O) groups excluding carboxylic acids is 1. The van der Waals surface area contributed by atoms with Crippen molar-refractivity contribution in [2.45, 2.75) is 32.2 Å². The molecule has 2 aromatic carbocycles. The molecule has 0 bridgehead atoms. The number of hydrogen-bond donors (Lipinski definition) is 3. The van der Waals surface area contributed by atoms with E-state index in [2.05, 4.69) is 43.8 Å². The van der Waals surface area contributed by atoms with Gasteiger partial charge < -0.3 is 25.1 Å². The van der Waals surface area contributed by atoms with E-state index in [1.54, 1.807) is 6.33 Å². The average molecular weight is 458 g/mol. The first-order valence-electron chi connectivity index (χ1n) is 11.8. The van der Waals surface area contributed by atoms with Gasteiger partial charge >= 0.3 is 0 Å². The number of ether oxygens (including phenoxy) is 1. The van der Waals surface area contributed by atoms with Gasteiger partial charge in [0.05, 0.1) is 5.39 Å². The minimum Gasteiger partial charge on any atom is -0.492 e. The lowest BCUT2D eigenvalue weighted by atomic mass is 10.1. The van der Waals surface area contributed by atoms with Gasteiger partial charge in [0, 0.05) is 25.2 Å². The van der Waals surface area contributed by atoms with Gasteiger partial charge in [0.15, 0.2) is 0 Å². The Morgan fingerprint density at radius 3 is 2.62 bits per heavy atom. The van der Waals surface area contributed by atoms with Gasteiger partial charge in [0.2, 0.25) is 0 Å². The molecule has 0 aliphatic carbocycles. The zero-order valence-electron chi connectivity index (χ0n) is 19.3. The summed E-state index contributed by atoms with van der Waals surface area (Å²) in [5.41, 5.74) is 4.05. The van der Waals surface area contributed by atoms with E-state index < -0.39 is 0 Å². The Hall–Kier alpha value is -3.71. The first kappa shape index (κ1) is 23.4. The van der Waals surface area contributed by atoms with Crippen LogP contribution in [0.25, 0.3) is 22.3 Å². The molecule has 0 aliphatic heterocycles. The SMILES string of the molecule is O=CCCCCCNCCOc1ccc(-c2cc3c(NCc4ccccc4)ncnc3[nH]2)cc1. The molecular weight excluding hydrogens is 426 g/mol. The number of anilines is 1. The fourth-order valence-electron chi connectivity index (χ4n) is 3.77. The van der Waals surface area contributed by atoms with Crippen LogP contribution in [0.5, 0.6) is 5.75 Å². The number of unbranched alkanes of at least 4 members (excludes halogenated alkanes) is 3. The van der Waals surface area contributed by atoms with E-state index in [-0.39, 0.29) is 0 Å². The first-order valence-corrected chi connectivity index (χ1v) is 11.8. The van der Waals surface area contributed by atoms with Crippen LogP contribution in [0.2, 0.25) is 0 Å². The monoisotopic (exact) mass is 457 g/mol. The van der Waals surface area contributed by atoms with Crippen LogP contribution in [0.3, 0.4) is 0 Å². The van der Waals surface area contributed by atoms with Crippen molar-refractivity contribution < 1.29 is 9.53 Å². The maximum atomic E-state index is 10.3. The Balaban J connectivity index is 1.29. The highest BCUT2D eigenvalue weighted by Crippen LogP contribution is 2.28. The number of aldehydes is 1. The number of fused-ring (bicyclic) bond motifs is 1. The van der Waals surface area contributed by atoms with Gasteiger partial charge in [-0.05, 0) is 60.8 Å². The minimum absolute atomic E-state index is 0.617. The molecule has 4 aromatic rings. The number of benzene rings is 2. The molecule has 0 amide bonds. The van der Waals surface area contributed by atoms with E-state index in [0.29, 0.717) is 19.6 Å². The van der Waals surface area contributed by atoms with Crippen LogP contribution in [-0.4, -0.2) is 40.9 Å². The van der Waals surface area contributed by atoms with Gasteiger partial charge in [-0.2, -0.15) is 0 Å². The number of carbonyl (C=O) groups is 1. The van der Waals surface area contributed by atoms with Crippen LogP contribution in [-0.2, 0) is 11.3 Å². The number of rotatable bonds is 14. The number of aromatic amines is 1. The molecule has 176 valence electrons. The smallest absolute Gasteiger partial charge is 0.143 e. The molecule has 0 spiro atoms. The zero-order chi connectivity index (χ0) is 23.4. The number of nitrogens with one attached hydrogen (secondary N) is 3. The molecule has 0 radical (unpaired) electrons. The number of hydrogen-bond acceptors (Lipinski definition) is 6. The van der Waals surface area contributed by atoms with E-state index in [1.807, 2.05) is 42.5 Å². The largest absolute Gasteiger partial charge is 0.492 e. The normalized spacial score (nSPS) is 10.9. The fraction of sp³-hybridized carbons (Fsp3) is 0.296. The van der Waals surface area contributed by atoms with E-state index in [4.69, 9.17) is 4.74 Å². The highest BCUT2D eigenvalue weighted by molar-refractivity contribution is 5.91. The second kappa shape index (κ2) is 12.5. The molecule has 0 unspecified atom stereocenters. The maximum Gasteiger partial charge on any atom is 0.143 e. The number of nitrogens with zero attached hydrogens (tertiary/aromatic N) is 2. The number of H-pyrrole nitrogens is 1. The van der Waals surface area contributed by atoms with Gasteiger partial charge in [-0.1, -0.05) is 36.8 Å². The molecule has 2 aromatic heterocycles. The van der Waals surface area contributed by atoms with Crippen molar-refractivity contribution in [3.63, 3.8) is 0 Å². The third-order valence-corrected chi connectivity index (χ3v) is 5.62. The molecule has 3 N–H and O–H groups in total. The topological polar surface area (TPSA) is 91.9 Å². The van der Waals surface area contributed by atoms with Crippen molar-refractivity contribution in [1.82, 2.24) is 20.3 Å². The van der Waals surface area contributed by atoms with Crippen molar-refractivity contribution in [2.75, 3.05) is 25.0 Å². The van der Waals surface area contributed by atoms with Gasteiger partial charge in [0.1, 0.15) is 36.4 Å². The van der Waals surface area contributed by atoms with Crippen molar-refractivity contribution in [1.29, 1.82) is 0 Å². The van der Waals surface area contributed by atoms with Crippen LogP contribution in [0.15, 0.2) is 67.0 Å². The second-order valence-corrected chi connectivity index (χ2v) is 8.15. The summed E-state index contributed by atoms with van der Waals surface area (Å²) in [7, 11) is 0. The summed E-state index contributed by atoms with van der Waals surface area (Å²) in [6.45, 7) is 3.07. The molecule has 0 atom stereocenters. The van der Waals surface area contributed by atoms with Crippen LogP contribution in [0.4, 0.5) is 5.82 Å². The molecular formula is C27H31N5O2. The van der Waals surface area contributed by atoms with Crippen LogP contribution in [0, 0.1) is 0 Å². The lowest BCUT2D eigenvalue weighted by Crippen LogP contribution is -2.22. The molecule has 0 saturated heterocycles. The Bertz CT molecular complexity index is 1160. The van der Waals surface area contributed by atoms with Crippen LogP contribution >= 0.6 is 0 Å². The Morgan fingerprint density at radius 1 is 0.941 bits per heavy atom. The molecule has 0 saturated carbocycles. The van der Waals surface area contributed by atoms with E-state index in [1.165, 1.54) is 5.56 Å². The van der Waals surface area contributed by atoms with Gasteiger partial charge in [-0.25, -0.2) is 9.97 Å². The fourth-order valence-corrected chi connectivity index (χ4v) is 3.77. The zero-order valence-corrected chi connectivity index (χ0v) is 19.3. The minimum atomic E-state index is 0.617. The molecule has 34 heavy (non-hydrogen) atoms. The third kappa shape index (κ3) is 6.65. The highest BCUT2D eigenvalue weighted by Gasteiger charge is 2.09. The Kier molecular flexibility index (Phi) is 8.63. The van der Waals surface area contributed by atoms with Crippen molar-refractivity contribution in [3.8, 4) is 17.0 Å². The van der Waals surface area contributed by atoms with Crippen LogP contribution < -0.4 is 15.4 Å². The van der Waals surface area contributed by atoms with Crippen LogP contribution in [0.1, 0.15) is 31.2 Å². The summed E-state index contributed by atoms with van der Waals surface area (Å²) in [4.78, 5) is 22.5. The van der Waals surface area contributed by atoms with Crippen molar-refractivity contribution in [3.05, 3.63) is 72.6 Å². The third-order valence-electron chi connectivity index (χ3n) is 5.62. The summed E-state index contributed by atoms with van der Waals surface area (Å²) in [6.07, 6.45) is 6.37. The second-order valence-electron chi connectivity index (χ2n) is 8.15. The molecule has 4 rings (SSSR count). The van der Waals surface area contributed by atoms with E-state index >= 15 is 0 Å². The maximum absolute atomic E-state index is 10.3. The predicted octanol–water partition coefficient (Wildman–Crippen LogP) is 4.96. The van der Waals surface area contributed by atoms with Gasteiger partial charge in [0.25, 0.3) is 0 Å². The summed E-state index contributed by atoms with van der Waals surface area (Å²) in [5, 5.41) is 7.75. The molecule has 2 heterocycles. The quantitative estimate of drug-likeness (QED) is 0.183. The van der Waals surface area contributed by atoms with E-state index in [0.717, 1.165) is 72.5 Å². The Labute approximate surface area is 200 Å². The van der Waals surface area contributed by atoms with Gasteiger partial charge in [-0.15, -0.1) is 0 Å². The van der Waals surface area contributed by atoms with Crippen molar-refractivity contribution >= 4 is 23.1 Å². The lowest BCUT2D eigenvalue weighted by Gasteiger charge is -2.08. The van der Waals surface area contributed by atoms with Gasteiger partial charge in [-0.3, -0.25) is 0 Å². The van der Waals surface area contributed by atoms with Crippen molar-refractivity contribution in [2.24, 2.45) is 0 Å². The summed E-state index contributed by atoms with van der Waals surface area (Å²) in [6, 6.07) is 20.4. The molecule has 7 nitrogen and oxygen atoms in total. The molecule has 0 aliphatic rings. The molecule has 7 heteroatoms. The summed E-state index contributed by atoms with van der Waals surface area (Å²) < 4.78 is 5.84. The standard InChI is InChI=1S/C27H31N5O2/c33-16-7-2-1-6-14-28-15-17-34-23-12-10-22(11-13-23)25-18-24-26(30-20-31-27(24)32-25)29-19-21-8-4-3-5-9-21/h3-5,8-13,16,18,20,28H,1-2,6-7,14-15,17,19H2,(H2,29,30,31,32). The average Bonchev–Trinajstić information content (AvgIpc) is 3.32.